The van der Waals surface area contributed by atoms with Crippen molar-refractivity contribution in [1.29, 1.82) is 0 Å². The second kappa shape index (κ2) is 3.78. The van der Waals surface area contributed by atoms with Gasteiger partial charge in [-0.3, -0.25) is 0 Å². The molecule has 0 saturated heterocycles. The molecule has 2 N–H and O–H groups in total. The van der Waals surface area contributed by atoms with Gasteiger partial charge in [0.25, 0.3) is 5.52 Å². The first-order valence-electron chi connectivity index (χ1n) is 4.65. The molecule has 5 heteroatoms. The summed E-state index contributed by atoms with van der Waals surface area (Å²) in [5, 5.41) is 11.6. The molecule has 0 aliphatic rings. The third-order valence-corrected chi connectivity index (χ3v) is 2.20. The van der Waals surface area contributed by atoms with Gasteiger partial charge in [0.05, 0.1) is 13.5 Å². The van der Waals surface area contributed by atoms with E-state index in [4.69, 9.17) is 14.9 Å². The van der Waals surface area contributed by atoms with Crippen LogP contribution in [0.1, 0.15) is 5.89 Å². The Kier molecular flexibility index (Phi) is 2.47. The highest BCUT2D eigenvalue weighted by molar-refractivity contribution is 5.71. The van der Waals surface area contributed by atoms with Gasteiger partial charge in [-0.15, -0.1) is 4.73 Å². The van der Waals surface area contributed by atoms with Crippen molar-refractivity contribution < 1.29 is 13.9 Å². The Labute approximate surface area is 86.6 Å². The first-order chi connectivity index (χ1) is 7.26. The Morgan fingerprint density at radius 3 is 3.00 bits per heavy atom. The topological polar surface area (TPSA) is 75.3 Å². The number of aromatic nitrogens is 1. The average molecular weight is 208 g/mol. The Hall–Kier alpha value is -1.75. The van der Waals surface area contributed by atoms with Crippen molar-refractivity contribution in [3.8, 4) is 5.75 Å². The SMILES string of the molecule is COc1ccc2c(c1)oc(CCN)[n+]2[O-]. The van der Waals surface area contributed by atoms with Crippen LogP contribution in [0.25, 0.3) is 11.1 Å². The van der Waals surface area contributed by atoms with Gasteiger partial charge in [0.15, 0.2) is 0 Å². The molecule has 0 radical (unpaired) electrons. The highest BCUT2D eigenvalue weighted by Crippen LogP contribution is 2.20. The second-order valence-corrected chi connectivity index (χ2v) is 3.16. The first-order valence-corrected chi connectivity index (χ1v) is 4.65. The van der Waals surface area contributed by atoms with E-state index in [1.165, 1.54) is 0 Å². The zero-order valence-electron chi connectivity index (χ0n) is 8.40. The van der Waals surface area contributed by atoms with Gasteiger partial charge in [-0.2, -0.15) is 0 Å². The Morgan fingerprint density at radius 1 is 1.53 bits per heavy atom. The van der Waals surface area contributed by atoms with Crippen LogP contribution in [0.3, 0.4) is 0 Å². The molecule has 0 aliphatic heterocycles. The second-order valence-electron chi connectivity index (χ2n) is 3.16. The van der Waals surface area contributed by atoms with E-state index in [1.807, 2.05) is 0 Å². The van der Waals surface area contributed by atoms with Crippen molar-refractivity contribution in [1.82, 2.24) is 0 Å². The fourth-order valence-electron chi connectivity index (χ4n) is 1.45. The lowest BCUT2D eigenvalue weighted by atomic mass is 10.3. The van der Waals surface area contributed by atoms with Crippen molar-refractivity contribution >= 4 is 11.1 Å². The minimum absolute atomic E-state index is 0.334. The van der Waals surface area contributed by atoms with Crippen molar-refractivity contribution in [2.75, 3.05) is 13.7 Å². The number of ether oxygens (including phenoxy) is 1. The third kappa shape index (κ3) is 1.61. The molecule has 0 spiro atoms. The predicted molar refractivity (Wildman–Crippen MR) is 54.5 cm³/mol. The van der Waals surface area contributed by atoms with E-state index in [2.05, 4.69) is 0 Å². The lowest BCUT2D eigenvalue weighted by Crippen LogP contribution is -2.30. The zero-order valence-corrected chi connectivity index (χ0v) is 8.40. The number of rotatable bonds is 3. The van der Waals surface area contributed by atoms with Gasteiger partial charge in [-0.25, -0.2) is 0 Å². The summed E-state index contributed by atoms with van der Waals surface area (Å²) in [6, 6.07) is 5.08. The van der Waals surface area contributed by atoms with Crippen LogP contribution in [-0.4, -0.2) is 13.7 Å². The minimum atomic E-state index is 0.334. The summed E-state index contributed by atoms with van der Waals surface area (Å²) in [4.78, 5) is 0. The van der Waals surface area contributed by atoms with Crippen molar-refractivity contribution in [2.24, 2.45) is 5.73 Å². The number of hydrogen-bond acceptors (Lipinski definition) is 4. The van der Waals surface area contributed by atoms with E-state index in [0.717, 1.165) is 4.73 Å². The number of fused-ring (bicyclic) bond motifs is 1. The third-order valence-electron chi connectivity index (χ3n) is 2.20. The van der Waals surface area contributed by atoms with E-state index in [-0.39, 0.29) is 0 Å². The van der Waals surface area contributed by atoms with Crippen molar-refractivity contribution in [2.45, 2.75) is 6.42 Å². The molecular weight excluding hydrogens is 196 g/mol. The highest BCUT2D eigenvalue weighted by Gasteiger charge is 2.17. The summed E-state index contributed by atoms with van der Waals surface area (Å²) >= 11 is 0. The molecule has 80 valence electrons. The van der Waals surface area contributed by atoms with Crippen LogP contribution >= 0.6 is 0 Å². The lowest BCUT2D eigenvalue weighted by Gasteiger charge is -1.96. The van der Waals surface area contributed by atoms with Gasteiger partial charge >= 0.3 is 5.89 Å². The molecule has 2 aromatic rings. The largest absolute Gasteiger partial charge is 0.616 e. The van der Waals surface area contributed by atoms with Crippen molar-refractivity contribution in [3.63, 3.8) is 0 Å². The van der Waals surface area contributed by atoms with E-state index >= 15 is 0 Å². The zero-order chi connectivity index (χ0) is 10.8. The Morgan fingerprint density at radius 2 is 2.33 bits per heavy atom. The molecule has 5 nitrogen and oxygen atoms in total. The van der Waals surface area contributed by atoms with Crippen LogP contribution in [0.15, 0.2) is 22.6 Å². The average Bonchev–Trinajstić information content (AvgIpc) is 2.56. The van der Waals surface area contributed by atoms with Crippen LogP contribution in [0.2, 0.25) is 0 Å². The van der Waals surface area contributed by atoms with Crippen molar-refractivity contribution in [3.05, 3.63) is 29.3 Å². The van der Waals surface area contributed by atoms with E-state index in [0.29, 0.717) is 35.7 Å². The molecule has 15 heavy (non-hydrogen) atoms. The summed E-state index contributed by atoms with van der Waals surface area (Å²) in [5.41, 5.74) is 6.39. The molecule has 0 amide bonds. The molecular formula is C10H12N2O3. The normalized spacial score (nSPS) is 10.8. The summed E-state index contributed by atoms with van der Waals surface area (Å²) < 4.78 is 11.2. The van der Waals surface area contributed by atoms with Gasteiger partial charge in [-0.05, 0) is 6.07 Å². The number of oxazole rings is 1. The van der Waals surface area contributed by atoms with Crippen LogP contribution in [0.4, 0.5) is 0 Å². The van der Waals surface area contributed by atoms with Crippen LogP contribution in [0, 0.1) is 5.21 Å². The molecule has 1 aromatic heterocycles. The number of nitrogens with two attached hydrogens (primary N) is 1. The quantitative estimate of drug-likeness (QED) is 0.591. The molecule has 0 unspecified atom stereocenters. The number of nitrogens with zero attached hydrogens (tertiary/aromatic N) is 1. The maximum absolute atomic E-state index is 11.6. The Bertz CT molecular complexity index is 479. The summed E-state index contributed by atoms with van der Waals surface area (Å²) in [6.45, 7) is 0.388. The standard InChI is InChI=1S/C10H12N2O3/c1-14-7-2-3-8-9(6-7)15-10(4-5-11)12(8)13/h2-3,6H,4-5,11H2,1H3. The molecule has 0 saturated carbocycles. The molecule has 0 atom stereocenters. The maximum Gasteiger partial charge on any atom is 0.360 e. The van der Waals surface area contributed by atoms with Gasteiger partial charge in [0, 0.05) is 18.7 Å². The maximum atomic E-state index is 11.6. The molecule has 2 rings (SSSR count). The molecule has 0 fully saturated rings. The fraction of sp³-hybridized carbons (Fsp3) is 0.300. The number of methoxy groups -OCH3 is 1. The molecule has 1 aromatic carbocycles. The fourth-order valence-corrected chi connectivity index (χ4v) is 1.45. The molecule has 0 bridgehead atoms. The first kappa shape index (κ1) is 9.79. The lowest BCUT2D eigenvalue weighted by molar-refractivity contribution is -0.592. The molecule has 1 heterocycles. The van der Waals surface area contributed by atoms with Crippen LogP contribution < -0.4 is 15.2 Å². The summed E-state index contributed by atoms with van der Waals surface area (Å²) in [5.74, 6) is 0.997. The number of benzene rings is 1. The summed E-state index contributed by atoms with van der Waals surface area (Å²) in [6.07, 6.45) is 0.431. The summed E-state index contributed by atoms with van der Waals surface area (Å²) in [7, 11) is 1.57. The smallest absolute Gasteiger partial charge is 0.360 e. The highest BCUT2D eigenvalue weighted by atomic mass is 16.5. The minimum Gasteiger partial charge on any atom is -0.616 e. The van der Waals surface area contributed by atoms with E-state index in [9.17, 15) is 5.21 Å². The predicted octanol–water partition coefficient (Wildman–Crippen LogP) is 0.576. The van der Waals surface area contributed by atoms with E-state index in [1.54, 1.807) is 25.3 Å². The number of hydrogen-bond donors (Lipinski definition) is 1. The van der Waals surface area contributed by atoms with Gasteiger partial charge in [-0.1, -0.05) is 0 Å². The van der Waals surface area contributed by atoms with E-state index < -0.39 is 0 Å². The van der Waals surface area contributed by atoms with Gasteiger partial charge in [0.2, 0.25) is 5.58 Å². The molecule has 0 aliphatic carbocycles. The monoisotopic (exact) mass is 208 g/mol. The Balaban J connectivity index is 2.55. The van der Waals surface area contributed by atoms with Gasteiger partial charge in [0.1, 0.15) is 5.75 Å². The van der Waals surface area contributed by atoms with Crippen LogP contribution in [-0.2, 0) is 6.42 Å². The van der Waals surface area contributed by atoms with Gasteiger partial charge < -0.3 is 20.1 Å². The van der Waals surface area contributed by atoms with Crippen LogP contribution in [0.5, 0.6) is 5.75 Å².